The van der Waals surface area contributed by atoms with Crippen molar-refractivity contribution in [1.82, 2.24) is 24.3 Å². The monoisotopic (exact) mass is 565 g/mol. The van der Waals surface area contributed by atoms with E-state index in [0.717, 1.165) is 81.1 Å². The van der Waals surface area contributed by atoms with Crippen LogP contribution in [0.5, 0.6) is 0 Å². The molecule has 3 heterocycles. The van der Waals surface area contributed by atoms with Crippen molar-refractivity contribution in [2.75, 3.05) is 32.7 Å². The molecule has 0 spiro atoms. The number of nitrogens with one attached hydrogen (secondary N) is 1. The molecular weight excluding hydrogens is 526 g/mol. The van der Waals surface area contributed by atoms with Gasteiger partial charge in [-0.15, -0.1) is 0 Å². The quantitative estimate of drug-likeness (QED) is 0.218. The van der Waals surface area contributed by atoms with Crippen molar-refractivity contribution < 1.29 is 0 Å². The molecule has 1 saturated heterocycles. The molecule has 2 aliphatic heterocycles. The average molecular weight is 566 g/mol. The molecule has 4 aromatic rings. The van der Waals surface area contributed by atoms with Crippen LogP contribution in [-0.4, -0.2) is 56.8 Å². The number of hydrogen-bond donors (Lipinski definition) is 1. The third kappa shape index (κ3) is 6.16. The molecule has 1 aromatic heterocycles. The zero-order valence-electron chi connectivity index (χ0n) is 23.6. The zero-order chi connectivity index (χ0) is 28.0. The lowest BCUT2D eigenvalue weighted by molar-refractivity contribution is 0.261. The van der Waals surface area contributed by atoms with Crippen LogP contribution >= 0.6 is 12.2 Å². The van der Waals surface area contributed by atoms with Gasteiger partial charge in [0.15, 0.2) is 5.11 Å². The summed E-state index contributed by atoms with van der Waals surface area (Å²) < 4.78 is 4.06. The van der Waals surface area contributed by atoms with E-state index in [9.17, 15) is 4.79 Å². The highest BCUT2D eigenvalue weighted by atomic mass is 32.1. The molecule has 41 heavy (non-hydrogen) atoms. The van der Waals surface area contributed by atoms with Crippen LogP contribution in [0.3, 0.4) is 0 Å². The number of piperidine rings is 1. The number of rotatable bonds is 8. The van der Waals surface area contributed by atoms with Crippen molar-refractivity contribution in [2.24, 2.45) is 0 Å². The Morgan fingerprint density at radius 3 is 2.07 bits per heavy atom. The minimum Gasteiger partial charge on any atom is -0.352 e. The standard InChI is InChI=1S/C34H39N5OS/c40-34-38(24-12-23-36-21-10-3-11-22-36)30-17-8-9-18-31(30)39(34)29-19-25-37(26-20-29)33(41)35-32(27-13-4-1-5-14-27)28-15-6-2-7-16-28/h1-10,13-18,29,32H,11-12,19-26H2,(H,35,41). The maximum absolute atomic E-state index is 13.8. The third-order valence-electron chi connectivity index (χ3n) is 8.52. The first-order valence-electron chi connectivity index (χ1n) is 14.9. The predicted octanol–water partition coefficient (Wildman–Crippen LogP) is 5.76. The molecule has 212 valence electrons. The summed E-state index contributed by atoms with van der Waals surface area (Å²) in [6, 6.07) is 29.4. The van der Waals surface area contributed by atoms with Crippen molar-refractivity contribution in [3.05, 3.63) is 119 Å². The highest BCUT2D eigenvalue weighted by Gasteiger charge is 2.27. The number of thiocarbonyl (C=S) groups is 1. The van der Waals surface area contributed by atoms with Crippen LogP contribution in [0.15, 0.2) is 102 Å². The van der Waals surface area contributed by atoms with Crippen LogP contribution in [0, 0.1) is 0 Å². The summed E-state index contributed by atoms with van der Waals surface area (Å²) >= 11 is 5.95. The van der Waals surface area contributed by atoms with Gasteiger partial charge in [0.25, 0.3) is 0 Å². The van der Waals surface area contributed by atoms with Gasteiger partial charge in [0.1, 0.15) is 0 Å². The highest BCUT2D eigenvalue weighted by molar-refractivity contribution is 7.80. The summed E-state index contributed by atoms with van der Waals surface area (Å²) in [4.78, 5) is 18.5. The van der Waals surface area contributed by atoms with Crippen LogP contribution in [0.4, 0.5) is 0 Å². The first-order valence-corrected chi connectivity index (χ1v) is 15.3. The summed E-state index contributed by atoms with van der Waals surface area (Å²) in [6.45, 7) is 5.54. The van der Waals surface area contributed by atoms with Crippen LogP contribution in [0.25, 0.3) is 11.0 Å². The molecule has 0 atom stereocenters. The average Bonchev–Trinajstić information content (AvgIpc) is 3.32. The Morgan fingerprint density at radius 2 is 1.44 bits per heavy atom. The molecule has 1 fully saturated rings. The lowest BCUT2D eigenvalue weighted by Crippen LogP contribution is -2.46. The second-order valence-electron chi connectivity index (χ2n) is 11.1. The first-order chi connectivity index (χ1) is 20.2. The van der Waals surface area contributed by atoms with Crippen molar-refractivity contribution in [1.29, 1.82) is 0 Å². The largest absolute Gasteiger partial charge is 0.352 e. The summed E-state index contributed by atoms with van der Waals surface area (Å²) in [5, 5.41) is 4.41. The fourth-order valence-corrected chi connectivity index (χ4v) is 6.64. The second-order valence-corrected chi connectivity index (χ2v) is 11.5. The number of benzene rings is 3. The van der Waals surface area contributed by atoms with Gasteiger partial charge in [-0.05, 0) is 61.2 Å². The van der Waals surface area contributed by atoms with Gasteiger partial charge in [0.2, 0.25) is 0 Å². The molecule has 0 aliphatic carbocycles. The Morgan fingerprint density at radius 1 is 0.805 bits per heavy atom. The van der Waals surface area contributed by atoms with Gasteiger partial charge in [0.05, 0.1) is 17.1 Å². The second kappa shape index (κ2) is 12.9. The van der Waals surface area contributed by atoms with E-state index in [0.29, 0.717) is 0 Å². The first kappa shape index (κ1) is 27.5. The molecular formula is C34H39N5OS. The normalized spacial score (nSPS) is 16.5. The van der Waals surface area contributed by atoms with Crippen LogP contribution < -0.4 is 11.0 Å². The van der Waals surface area contributed by atoms with Gasteiger partial charge in [-0.3, -0.25) is 14.0 Å². The number of aromatic nitrogens is 2. The topological polar surface area (TPSA) is 45.4 Å². The van der Waals surface area contributed by atoms with Gasteiger partial charge in [0, 0.05) is 45.3 Å². The third-order valence-corrected chi connectivity index (χ3v) is 8.89. The molecule has 0 bridgehead atoms. The summed E-state index contributed by atoms with van der Waals surface area (Å²) in [7, 11) is 0. The van der Waals surface area contributed by atoms with Gasteiger partial charge in [-0.1, -0.05) is 84.9 Å². The maximum Gasteiger partial charge on any atom is 0.329 e. The Balaban J connectivity index is 1.14. The number of fused-ring (bicyclic) bond motifs is 1. The van der Waals surface area contributed by atoms with Crippen LogP contribution in [-0.2, 0) is 6.54 Å². The van der Waals surface area contributed by atoms with E-state index < -0.39 is 0 Å². The predicted molar refractivity (Wildman–Crippen MR) is 171 cm³/mol. The lowest BCUT2D eigenvalue weighted by Gasteiger charge is -2.35. The molecule has 1 N–H and O–H groups in total. The van der Waals surface area contributed by atoms with Crippen molar-refractivity contribution >= 4 is 28.4 Å². The Bertz CT molecular complexity index is 1500. The van der Waals surface area contributed by atoms with Gasteiger partial charge < -0.3 is 10.2 Å². The van der Waals surface area contributed by atoms with Gasteiger partial charge >= 0.3 is 5.69 Å². The minimum absolute atomic E-state index is 0.0100. The Kier molecular flexibility index (Phi) is 8.63. The fraction of sp³-hybridized carbons (Fsp3) is 0.353. The van der Waals surface area contributed by atoms with E-state index in [1.165, 1.54) is 11.1 Å². The van der Waals surface area contributed by atoms with E-state index in [4.69, 9.17) is 12.2 Å². The molecule has 0 radical (unpaired) electrons. The SMILES string of the molecule is O=c1n(CCCN2CC=CCC2)c2ccccc2n1C1CCN(C(=S)NC(c2ccccc2)c2ccccc2)CC1. The summed E-state index contributed by atoms with van der Waals surface area (Å²) in [6.07, 6.45) is 8.38. The molecule has 0 unspecified atom stereocenters. The maximum atomic E-state index is 13.8. The van der Waals surface area contributed by atoms with E-state index >= 15 is 0 Å². The summed E-state index contributed by atoms with van der Waals surface area (Å²) in [5.74, 6) is 0. The molecule has 7 heteroatoms. The molecule has 0 amide bonds. The number of imidazole rings is 1. The molecule has 3 aromatic carbocycles. The van der Waals surface area contributed by atoms with Crippen molar-refractivity contribution in [3.8, 4) is 0 Å². The molecule has 0 saturated carbocycles. The van der Waals surface area contributed by atoms with Crippen molar-refractivity contribution in [3.63, 3.8) is 0 Å². The van der Waals surface area contributed by atoms with Gasteiger partial charge in [-0.2, -0.15) is 0 Å². The number of likely N-dealkylation sites (tertiary alicyclic amines) is 1. The van der Waals surface area contributed by atoms with E-state index in [1.54, 1.807) is 0 Å². The smallest absolute Gasteiger partial charge is 0.329 e. The Labute approximate surface area is 247 Å². The molecule has 6 rings (SSSR count). The number of nitrogens with zero attached hydrogens (tertiary/aromatic N) is 4. The fourth-order valence-electron chi connectivity index (χ4n) is 6.34. The molecule has 6 nitrogen and oxygen atoms in total. The Hall–Kier alpha value is -3.68. The van der Waals surface area contributed by atoms with Crippen molar-refractivity contribution in [2.45, 2.75) is 44.3 Å². The van der Waals surface area contributed by atoms with E-state index in [1.807, 2.05) is 28.8 Å². The van der Waals surface area contributed by atoms with Crippen LogP contribution in [0.1, 0.15) is 48.9 Å². The van der Waals surface area contributed by atoms with Crippen LogP contribution in [0.2, 0.25) is 0 Å². The summed E-state index contributed by atoms with van der Waals surface area (Å²) in [5.41, 5.74) is 4.59. The minimum atomic E-state index is -0.0100. The van der Waals surface area contributed by atoms with E-state index in [2.05, 4.69) is 92.5 Å². The highest BCUT2D eigenvalue weighted by Crippen LogP contribution is 2.27. The number of aryl methyl sites for hydroxylation is 1. The number of para-hydroxylation sites is 2. The van der Waals surface area contributed by atoms with Gasteiger partial charge in [-0.25, -0.2) is 4.79 Å². The van der Waals surface area contributed by atoms with E-state index in [-0.39, 0.29) is 17.8 Å². The lowest BCUT2D eigenvalue weighted by atomic mass is 9.99. The zero-order valence-corrected chi connectivity index (χ0v) is 24.4. The number of hydrogen-bond acceptors (Lipinski definition) is 3. The molecule has 2 aliphatic rings.